The van der Waals surface area contributed by atoms with E-state index in [1.165, 1.54) is 5.69 Å². The highest BCUT2D eigenvalue weighted by molar-refractivity contribution is 5.73. The van der Waals surface area contributed by atoms with E-state index in [0.29, 0.717) is 18.6 Å². The first-order valence-corrected chi connectivity index (χ1v) is 7.75. The average molecular weight is 304 g/mol. The lowest BCUT2D eigenvalue weighted by molar-refractivity contribution is 0.130. The summed E-state index contributed by atoms with van der Waals surface area (Å²) in [6, 6.07) is 9.07. The second kappa shape index (κ2) is 6.44. The van der Waals surface area contributed by atoms with E-state index in [-0.39, 0.29) is 6.10 Å². The van der Waals surface area contributed by atoms with Crippen molar-refractivity contribution in [2.24, 2.45) is 10.7 Å². The van der Waals surface area contributed by atoms with Crippen molar-refractivity contribution in [1.29, 1.82) is 0 Å². The van der Waals surface area contributed by atoms with E-state index < -0.39 is 0 Å². The summed E-state index contributed by atoms with van der Waals surface area (Å²) in [7, 11) is 1.69. The quantitative estimate of drug-likeness (QED) is 0.896. The van der Waals surface area contributed by atoms with Gasteiger partial charge in [0, 0.05) is 37.9 Å². The summed E-state index contributed by atoms with van der Waals surface area (Å²) in [5.74, 6) is 0.894. The van der Waals surface area contributed by atoms with Crippen molar-refractivity contribution in [2.45, 2.75) is 19.1 Å². The largest absolute Gasteiger partial charge is 0.497 e. The molecule has 6 nitrogen and oxygen atoms in total. The van der Waals surface area contributed by atoms with E-state index in [0.717, 1.165) is 31.9 Å². The van der Waals surface area contributed by atoms with Gasteiger partial charge < -0.3 is 20.1 Å². The van der Waals surface area contributed by atoms with E-state index in [4.69, 9.17) is 15.2 Å². The zero-order valence-electron chi connectivity index (χ0n) is 13.2. The fraction of sp³-hybridized carbons (Fsp3) is 0.562. The Morgan fingerprint density at radius 3 is 2.68 bits per heavy atom. The molecule has 0 aromatic heterocycles. The minimum Gasteiger partial charge on any atom is -0.497 e. The third-order valence-corrected chi connectivity index (χ3v) is 4.32. The van der Waals surface area contributed by atoms with Crippen molar-refractivity contribution in [3.63, 3.8) is 0 Å². The van der Waals surface area contributed by atoms with Gasteiger partial charge in [0.05, 0.1) is 13.7 Å². The van der Waals surface area contributed by atoms with Crippen LogP contribution in [-0.2, 0) is 4.74 Å². The highest BCUT2D eigenvalue weighted by Crippen LogP contribution is 2.23. The van der Waals surface area contributed by atoms with Crippen LogP contribution >= 0.6 is 0 Å². The number of benzene rings is 1. The van der Waals surface area contributed by atoms with Crippen LogP contribution < -0.4 is 15.4 Å². The molecule has 6 heteroatoms. The van der Waals surface area contributed by atoms with E-state index in [1.54, 1.807) is 7.11 Å². The van der Waals surface area contributed by atoms with E-state index >= 15 is 0 Å². The molecule has 2 heterocycles. The van der Waals surface area contributed by atoms with E-state index in [9.17, 15) is 0 Å². The zero-order chi connectivity index (χ0) is 15.5. The molecule has 0 radical (unpaired) electrons. The lowest BCUT2D eigenvalue weighted by atomic mass is 10.1. The molecule has 2 aliphatic rings. The second-order valence-corrected chi connectivity index (χ2v) is 5.92. The van der Waals surface area contributed by atoms with Crippen molar-refractivity contribution in [3.8, 4) is 5.75 Å². The molecule has 0 bridgehead atoms. The van der Waals surface area contributed by atoms with Gasteiger partial charge in [0.25, 0.3) is 6.02 Å². The zero-order valence-corrected chi connectivity index (χ0v) is 13.2. The van der Waals surface area contributed by atoms with Crippen molar-refractivity contribution in [3.05, 3.63) is 24.3 Å². The minimum absolute atomic E-state index is 0.111. The number of rotatable bonds is 4. The van der Waals surface area contributed by atoms with Gasteiger partial charge in [-0.05, 0) is 31.2 Å². The van der Waals surface area contributed by atoms with Gasteiger partial charge >= 0.3 is 0 Å². The molecule has 0 amide bonds. The number of nitrogens with two attached hydrogens (primary N) is 1. The van der Waals surface area contributed by atoms with Gasteiger partial charge in [-0.25, -0.2) is 4.99 Å². The number of ether oxygens (including phenoxy) is 2. The SMILES string of the molecule is COc1ccc(N2CCN(CC3CN=C(N)O3)CC2C)cc1. The molecule has 2 unspecified atom stereocenters. The molecule has 1 aromatic rings. The van der Waals surface area contributed by atoms with Gasteiger partial charge in [0.2, 0.25) is 0 Å². The number of methoxy groups -OCH3 is 1. The lowest BCUT2D eigenvalue weighted by Crippen LogP contribution is -2.53. The van der Waals surface area contributed by atoms with Crippen molar-refractivity contribution in [2.75, 3.05) is 44.7 Å². The average Bonchev–Trinajstić information content (AvgIpc) is 2.93. The highest BCUT2D eigenvalue weighted by Gasteiger charge is 2.27. The van der Waals surface area contributed by atoms with Crippen LogP contribution in [0.2, 0.25) is 0 Å². The van der Waals surface area contributed by atoms with Crippen molar-refractivity contribution in [1.82, 2.24) is 4.90 Å². The molecule has 22 heavy (non-hydrogen) atoms. The predicted octanol–water partition coefficient (Wildman–Crippen LogP) is 0.919. The number of aliphatic imine (C=N–C) groups is 1. The molecule has 2 atom stereocenters. The molecule has 1 fully saturated rings. The molecule has 2 N–H and O–H groups in total. The Morgan fingerprint density at radius 1 is 1.32 bits per heavy atom. The number of hydrogen-bond acceptors (Lipinski definition) is 6. The standard InChI is InChI=1S/C16H24N4O2/c1-12-10-19(11-15-9-18-16(17)22-15)7-8-20(12)13-3-5-14(21-2)6-4-13/h3-6,12,15H,7-11H2,1-2H3,(H2,17,18). The highest BCUT2D eigenvalue weighted by atomic mass is 16.5. The van der Waals surface area contributed by atoms with Gasteiger partial charge in [-0.1, -0.05) is 0 Å². The topological polar surface area (TPSA) is 63.3 Å². The van der Waals surface area contributed by atoms with Crippen LogP contribution in [0, 0.1) is 0 Å². The third-order valence-electron chi connectivity index (χ3n) is 4.32. The normalized spacial score (nSPS) is 25.7. The fourth-order valence-corrected chi connectivity index (χ4v) is 3.18. The van der Waals surface area contributed by atoms with E-state index in [1.807, 2.05) is 12.1 Å². The monoisotopic (exact) mass is 304 g/mol. The van der Waals surface area contributed by atoms with Crippen LogP contribution in [0.3, 0.4) is 0 Å². The summed E-state index contributed by atoms with van der Waals surface area (Å²) in [6.07, 6.45) is 0.111. The summed E-state index contributed by atoms with van der Waals surface area (Å²) in [5.41, 5.74) is 6.82. The molecule has 2 aliphatic heterocycles. The van der Waals surface area contributed by atoms with Crippen LogP contribution in [0.5, 0.6) is 5.75 Å². The summed E-state index contributed by atoms with van der Waals surface area (Å²) in [6.45, 7) is 6.89. The second-order valence-electron chi connectivity index (χ2n) is 5.92. The predicted molar refractivity (Wildman–Crippen MR) is 87.6 cm³/mol. The van der Waals surface area contributed by atoms with Gasteiger partial charge in [-0.2, -0.15) is 0 Å². The first-order chi connectivity index (χ1) is 10.7. The molecule has 3 rings (SSSR count). The number of nitrogens with zero attached hydrogens (tertiary/aromatic N) is 3. The summed E-state index contributed by atoms with van der Waals surface area (Å²) in [4.78, 5) is 8.98. The number of amidine groups is 1. The van der Waals surface area contributed by atoms with Crippen LogP contribution in [0.1, 0.15) is 6.92 Å². The van der Waals surface area contributed by atoms with Gasteiger partial charge in [0.1, 0.15) is 11.9 Å². The van der Waals surface area contributed by atoms with Crippen molar-refractivity contribution >= 4 is 11.7 Å². The smallest absolute Gasteiger partial charge is 0.282 e. The van der Waals surface area contributed by atoms with Crippen LogP contribution in [-0.4, -0.2) is 62.9 Å². The maximum Gasteiger partial charge on any atom is 0.282 e. The molecule has 1 saturated heterocycles. The summed E-state index contributed by atoms with van der Waals surface area (Å²) in [5, 5.41) is 0. The molecular formula is C16H24N4O2. The molecule has 0 aliphatic carbocycles. The number of hydrogen-bond donors (Lipinski definition) is 1. The van der Waals surface area contributed by atoms with Crippen LogP contribution in [0.25, 0.3) is 0 Å². The molecule has 120 valence electrons. The van der Waals surface area contributed by atoms with Gasteiger partial charge in [0.15, 0.2) is 0 Å². The first kappa shape index (κ1) is 15.0. The third kappa shape index (κ3) is 3.27. The summed E-state index contributed by atoms with van der Waals surface area (Å²) >= 11 is 0. The Kier molecular flexibility index (Phi) is 4.38. The number of piperazine rings is 1. The Morgan fingerprint density at radius 2 is 2.09 bits per heavy atom. The van der Waals surface area contributed by atoms with Crippen molar-refractivity contribution < 1.29 is 9.47 Å². The molecular weight excluding hydrogens is 280 g/mol. The Bertz CT molecular complexity index is 531. The molecule has 0 spiro atoms. The minimum atomic E-state index is 0.111. The van der Waals surface area contributed by atoms with Crippen LogP contribution in [0.4, 0.5) is 5.69 Å². The van der Waals surface area contributed by atoms with Crippen LogP contribution in [0.15, 0.2) is 29.3 Å². The fourth-order valence-electron chi connectivity index (χ4n) is 3.18. The lowest BCUT2D eigenvalue weighted by Gasteiger charge is -2.41. The molecule has 0 saturated carbocycles. The maximum absolute atomic E-state index is 5.57. The Balaban J connectivity index is 1.55. The summed E-state index contributed by atoms with van der Waals surface area (Å²) < 4.78 is 10.7. The van der Waals surface area contributed by atoms with E-state index in [2.05, 4.69) is 33.8 Å². The first-order valence-electron chi connectivity index (χ1n) is 7.75. The maximum atomic E-state index is 5.57. The Hall–Kier alpha value is -1.95. The number of anilines is 1. The molecule has 1 aromatic carbocycles. The van der Waals surface area contributed by atoms with Gasteiger partial charge in [-0.3, -0.25) is 4.90 Å². The van der Waals surface area contributed by atoms with Gasteiger partial charge in [-0.15, -0.1) is 0 Å². The Labute approximate surface area is 131 Å².